The average Bonchev–Trinajstić information content (AvgIpc) is 4.01. The van der Waals surface area contributed by atoms with E-state index in [1.165, 1.54) is 43.4 Å². The minimum Gasteiger partial charge on any atom is -0.454 e. The van der Waals surface area contributed by atoms with Crippen molar-refractivity contribution in [1.82, 2.24) is 0 Å². The largest absolute Gasteiger partial charge is 0.454 e. The molecule has 14 rings (SSSR count). The summed E-state index contributed by atoms with van der Waals surface area (Å²) in [7, 11) is -2.32. The van der Waals surface area contributed by atoms with Gasteiger partial charge in [0, 0.05) is 44.2 Å². The number of para-hydroxylation sites is 6. The summed E-state index contributed by atoms with van der Waals surface area (Å²) < 4.78 is 13.4. The predicted molar refractivity (Wildman–Crippen MR) is 301 cm³/mol. The molecular formula is C66H46N2O2Si. The number of furan rings is 2. The van der Waals surface area contributed by atoms with Crippen LogP contribution in [0.25, 0.3) is 88.0 Å². The molecule has 0 aliphatic carbocycles. The van der Waals surface area contributed by atoms with Gasteiger partial charge in [0.15, 0.2) is 11.2 Å². The molecule has 3 heterocycles. The van der Waals surface area contributed by atoms with E-state index in [4.69, 9.17) is 8.83 Å². The first kappa shape index (κ1) is 41.1. The third kappa shape index (κ3) is 6.43. The molecule has 1 aliphatic rings. The Morgan fingerprint density at radius 3 is 1.51 bits per heavy atom. The number of benzene rings is 11. The highest BCUT2D eigenvalue weighted by atomic mass is 28.3. The van der Waals surface area contributed by atoms with Crippen molar-refractivity contribution in [3.8, 4) is 33.4 Å². The van der Waals surface area contributed by atoms with Crippen molar-refractivity contribution in [3.05, 3.63) is 243 Å². The number of hydrogen-bond donors (Lipinski definition) is 0. The van der Waals surface area contributed by atoms with E-state index in [1.54, 1.807) is 0 Å². The lowest BCUT2D eigenvalue weighted by atomic mass is 9.91. The Morgan fingerprint density at radius 2 is 0.803 bits per heavy atom. The van der Waals surface area contributed by atoms with Crippen molar-refractivity contribution in [2.24, 2.45) is 0 Å². The molecule has 0 spiro atoms. The van der Waals surface area contributed by atoms with Gasteiger partial charge >= 0.3 is 0 Å². The normalized spacial score (nSPS) is 12.8. The summed E-state index contributed by atoms with van der Waals surface area (Å²) in [5.41, 5.74) is 17.2. The predicted octanol–water partition coefficient (Wildman–Crippen LogP) is 17.7. The molecule has 1 aliphatic heterocycles. The Hall–Kier alpha value is -8.90. The number of hydrogen-bond acceptors (Lipinski definition) is 4. The van der Waals surface area contributed by atoms with E-state index in [0.717, 1.165) is 89.1 Å². The van der Waals surface area contributed by atoms with Gasteiger partial charge in [-0.3, -0.25) is 0 Å². The van der Waals surface area contributed by atoms with Crippen molar-refractivity contribution in [3.63, 3.8) is 0 Å². The molecule has 2 aromatic heterocycles. The molecule has 0 atom stereocenters. The molecule has 336 valence electrons. The summed E-state index contributed by atoms with van der Waals surface area (Å²) in [6, 6.07) is 87.7. The molecular weight excluding hydrogens is 881 g/mol. The lowest BCUT2D eigenvalue weighted by molar-refractivity contribution is 0.668. The maximum Gasteiger partial charge on any atom is 0.159 e. The zero-order valence-electron chi connectivity index (χ0n) is 39.3. The summed E-state index contributed by atoms with van der Waals surface area (Å²) in [6.07, 6.45) is 0. The number of rotatable bonds is 8. The van der Waals surface area contributed by atoms with Crippen LogP contribution in [-0.2, 0) is 0 Å². The van der Waals surface area contributed by atoms with Gasteiger partial charge < -0.3 is 18.6 Å². The maximum atomic E-state index is 6.78. The first-order chi connectivity index (χ1) is 35.0. The van der Waals surface area contributed by atoms with Gasteiger partial charge in [0.2, 0.25) is 0 Å². The zero-order chi connectivity index (χ0) is 47.2. The molecule has 71 heavy (non-hydrogen) atoms. The average molecular weight is 927 g/mol. The van der Waals surface area contributed by atoms with Crippen LogP contribution >= 0.6 is 0 Å². The first-order valence-corrected chi connectivity index (χ1v) is 27.4. The summed E-state index contributed by atoms with van der Waals surface area (Å²) in [5, 5.41) is 9.97. The Kier molecular flexibility index (Phi) is 9.32. The minimum absolute atomic E-state index is 0.873. The van der Waals surface area contributed by atoms with Crippen molar-refractivity contribution >= 4 is 107 Å². The van der Waals surface area contributed by atoms with E-state index in [0.29, 0.717) is 0 Å². The van der Waals surface area contributed by atoms with E-state index in [-0.39, 0.29) is 0 Å². The first-order valence-electron chi connectivity index (χ1n) is 24.4. The molecule has 0 bridgehead atoms. The van der Waals surface area contributed by atoms with Gasteiger partial charge in [-0.1, -0.05) is 189 Å². The summed E-state index contributed by atoms with van der Waals surface area (Å²) in [4.78, 5) is 4.74. The second-order valence-corrected chi connectivity index (χ2v) is 23.5. The van der Waals surface area contributed by atoms with E-state index >= 15 is 0 Å². The quantitative estimate of drug-likeness (QED) is 0.142. The van der Waals surface area contributed by atoms with Crippen molar-refractivity contribution in [1.29, 1.82) is 0 Å². The third-order valence-electron chi connectivity index (χ3n) is 14.9. The van der Waals surface area contributed by atoms with Crippen LogP contribution in [0.4, 0.5) is 34.1 Å². The van der Waals surface area contributed by atoms with E-state index < -0.39 is 8.07 Å². The number of nitrogens with zero attached hydrogens (tertiary/aromatic N) is 2. The van der Waals surface area contributed by atoms with Crippen LogP contribution in [0.2, 0.25) is 13.1 Å². The minimum atomic E-state index is -2.32. The van der Waals surface area contributed by atoms with Gasteiger partial charge in [0.05, 0.1) is 17.1 Å². The Labute approximate surface area is 412 Å². The molecule has 0 fully saturated rings. The van der Waals surface area contributed by atoms with Crippen LogP contribution in [-0.4, -0.2) is 8.07 Å². The molecule has 0 amide bonds. The molecule has 4 nitrogen and oxygen atoms in total. The van der Waals surface area contributed by atoms with Gasteiger partial charge in [-0.2, -0.15) is 0 Å². The second kappa shape index (κ2) is 16.1. The van der Waals surface area contributed by atoms with E-state index in [1.807, 2.05) is 18.2 Å². The maximum absolute atomic E-state index is 6.78. The fraction of sp³-hybridized carbons (Fsp3) is 0.0303. The molecule has 0 N–H and O–H groups in total. The molecule has 5 heteroatoms. The van der Waals surface area contributed by atoms with Crippen LogP contribution in [0.1, 0.15) is 0 Å². The lowest BCUT2D eigenvalue weighted by Gasteiger charge is -2.36. The van der Waals surface area contributed by atoms with Crippen molar-refractivity contribution < 1.29 is 8.83 Å². The second-order valence-electron chi connectivity index (χ2n) is 19.2. The fourth-order valence-electron chi connectivity index (χ4n) is 11.5. The molecule has 0 unspecified atom stereocenters. The smallest absolute Gasteiger partial charge is 0.159 e. The summed E-state index contributed by atoms with van der Waals surface area (Å²) in [6.45, 7) is 5.05. The molecule has 0 saturated heterocycles. The monoisotopic (exact) mass is 926 g/mol. The van der Waals surface area contributed by atoms with Gasteiger partial charge in [-0.05, 0) is 116 Å². The van der Waals surface area contributed by atoms with Crippen LogP contribution in [0.15, 0.2) is 251 Å². The van der Waals surface area contributed by atoms with Crippen LogP contribution in [0, 0.1) is 0 Å². The van der Waals surface area contributed by atoms with Gasteiger partial charge in [0.1, 0.15) is 19.2 Å². The van der Waals surface area contributed by atoms with E-state index in [9.17, 15) is 0 Å². The van der Waals surface area contributed by atoms with Gasteiger partial charge in [-0.15, -0.1) is 0 Å². The fourth-order valence-corrected chi connectivity index (χ4v) is 14.6. The van der Waals surface area contributed by atoms with Crippen LogP contribution < -0.4 is 20.2 Å². The Balaban J connectivity index is 0.898. The zero-order valence-corrected chi connectivity index (χ0v) is 40.3. The highest BCUT2D eigenvalue weighted by Gasteiger charge is 2.37. The van der Waals surface area contributed by atoms with Crippen LogP contribution in [0.3, 0.4) is 0 Å². The molecule has 0 saturated carbocycles. The van der Waals surface area contributed by atoms with Crippen LogP contribution in [0.5, 0.6) is 0 Å². The Bertz CT molecular complexity index is 4210. The van der Waals surface area contributed by atoms with Gasteiger partial charge in [0.25, 0.3) is 0 Å². The highest BCUT2D eigenvalue weighted by Crippen LogP contribution is 2.48. The summed E-state index contributed by atoms with van der Waals surface area (Å²) in [5.74, 6) is 0. The van der Waals surface area contributed by atoms with Crippen molar-refractivity contribution in [2.75, 3.05) is 9.80 Å². The number of fused-ring (bicyclic) bond motifs is 8. The highest BCUT2D eigenvalue weighted by molar-refractivity contribution is 7.03. The molecule has 13 aromatic rings. The SMILES string of the molecule is C[Si]1(C)c2cc(N(c3ccccc3-c3ccccc3)c3cccc4c3oc3ccccc34)ccc2-c2ccc(-c3ccc(N(c4ccccc4)c4cccc5c4oc4ccccc45)cc3)c3cccc1c23. The number of anilines is 6. The third-order valence-corrected chi connectivity index (χ3v) is 18.4. The lowest BCUT2D eigenvalue weighted by Crippen LogP contribution is -2.56. The van der Waals surface area contributed by atoms with Crippen molar-refractivity contribution in [2.45, 2.75) is 13.1 Å². The summed E-state index contributed by atoms with van der Waals surface area (Å²) >= 11 is 0. The Morgan fingerprint density at radius 1 is 0.310 bits per heavy atom. The topological polar surface area (TPSA) is 32.8 Å². The van der Waals surface area contributed by atoms with E-state index in [2.05, 4.69) is 247 Å². The standard InChI is InChI=1S/C66H46N2O2Si/c1-71(2)62-33-17-25-53-48(44-34-36-46(37-35-44)67(45-20-7-4-8-21-45)58-29-15-26-55-50-23-10-13-31-60(50)69-65(55)58)40-41-54(64(53)62)52-39-38-47(42-63(52)71)68(57-28-12-9-22-49(57)43-18-5-3-6-19-43)59-30-16-27-56-51-24-11-14-32-61(51)70-66(56)59/h3-42H,1-2H3. The molecule has 11 aromatic carbocycles. The molecule has 0 radical (unpaired) electrons. The van der Waals surface area contributed by atoms with Gasteiger partial charge in [-0.25, -0.2) is 0 Å².